The van der Waals surface area contributed by atoms with Gasteiger partial charge in [-0.15, -0.1) is 0 Å². The number of hydrogen-bond donors (Lipinski definition) is 1. The fourth-order valence-electron chi connectivity index (χ4n) is 3.10. The maximum absolute atomic E-state index is 4.77. The summed E-state index contributed by atoms with van der Waals surface area (Å²) in [5.41, 5.74) is 4.19. The molecule has 0 aliphatic rings. The molecule has 0 saturated heterocycles. The Kier molecular flexibility index (Phi) is 4.59. The van der Waals surface area contributed by atoms with Gasteiger partial charge in [-0.25, -0.2) is 9.97 Å². The summed E-state index contributed by atoms with van der Waals surface area (Å²) in [5.74, 6) is 1.75. The molecule has 0 fully saturated rings. The van der Waals surface area contributed by atoms with E-state index in [1.54, 1.807) is 0 Å². The molecule has 0 amide bonds. The van der Waals surface area contributed by atoms with Crippen molar-refractivity contribution in [1.29, 1.82) is 0 Å². The van der Waals surface area contributed by atoms with Crippen LogP contribution in [0.1, 0.15) is 44.0 Å². The van der Waals surface area contributed by atoms with Gasteiger partial charge in [0.1, 0.15) is 12.1 Å². The third kappa shape index (κ3) is 3.53. The lowest BCUT2D eigenvalue weighted by molar-refractivity contribution is 0.791. The maximum Gasteiger partial charge on any atom is 0.225 e. The van der Waals surface area contributed by atoms with Crippen molar-refractivity contribution in [3.05, 3.63) is 78.2 Å². The molecule has 5 nitrogen and oxygen atoms in total. The lowest BCUT2D eigenvalue weighted by atomic mass is 10.1. The van der Waals surface area contributed by atoms with Crippen LogP contribution >= 0.6 is 0 Å². The van der Waals surface area contributed by atoms with E-state index in [2.05, 4.69) is 49.3 Å². The van der Waals surface area contributed by atoms with Gasteiger partial charge < -0.3 is 5.32 Å². The van der Waals surface area contributed by atoms with E-state index in [0.717, 1.165) is 22.5 Å². The fraction of sp³-hybridized carbons (Fsp3) is 0.227. The second-order valence-corrected chi connectivity index (χ2v) is 7.01. The van der Waals surface area contributed by atoms with Crippen molar-refractivity contribution in [2.24, 2.45) is 0 Å². The number of benzene rings is 2. The van der Waals surface area contributed by atoms with Crippen molar-refractivity contribution in [2.45, 2.75) is 32.7 Å². The van der Waals surface area contributed by atoms with Gasteiger partial charge in [0, 0.05) is 6.07 Å². The van der Waals surface area contributed by atoms with Gasteiger partial charge in [0.25, 0.3) is 0 Å². The van der Waals surface area contributed by atoms with Gasteiger partial charge in [0.2, 0.25) is 5.95 Å². The number of hydrogen-bond acceptors (Lipinski definition) is 4. The second kappa shape index (κ2) is 7.19. The first-order valence-electron chi connectivity index (χ1n) is 9.25. The summed E-state index contributed by atoms with van der Waals surface area (Å²) < 4.78 is 2.02. The maximum atomic E-state index is 4.77. The van der Waals surface area contributed by atoms with Crippen molar-refractivity contribution in [3.8, 4) is 5.82 Å². The van der Waals surface area contributed by atoms with Gasteiger partial charge in [-0.05, 0) is 30.5 Å². The summed E-state index contributed by atoms with van der Waals surface area (Å²) in [6.07, 6.45) is 1.82. The smallest absolute Gasteiger partial charge is 0.225 e. The van der Waals surface area contributed by atoms with Crippen LogP contribution in [-0.4, -0.2) is 19.5 Å². The van der Waals surface area contributed by atoms with E-state index in [9.17, 15) is 0 Å². The number of nitrogens with zero attached hydrogens (tertiary/aromatic N) is 4. The van der Waals surface area contributed by atoms with Crippen molar-refractivity contribution in [1.82, 2.24) is 19.5 Å². The highest BCUT2D eigenvalue weighted by molar-refractivity contribution is 5.76. The Balaban J connectivity index is 1.75. The van der Waals surface area contributed by atoms with E-state index in [-0.39, 0.29) is 6.04 Å². The van der Waals surface area contributed by atoms with Crippen LogP contribution in [0.25, 0.3) is 16.9 Å². The number of para-hydroxylation sites is 2. The lowest BCUT2D eigenvalue weighted by Crippen LogP contribution is -2.12. The van der Waals surface area contributed by atoms with Crippen LogP contribution < -0.4 is 5.32 Å². The van der Waals surface area contributed by atoms with Gasteiger partial charge in [-0.2, -0.15) is 4.98 Å². The third-order valence-electron chi connectivity index (χ3n) is 4.67. The Morgan fingerprint density at radius 3 is 2.41 bits per heavy atom. The number of nitrogens with one attached hydrogen (secondary N) is 1. The monoisotopic (exact) mass is 357 g/mol. The summed E-state index contributed by atoms with van der Waals surface area (Å²) in [6, 6.07) is 20.5. The van der Waals surface area contributed by atoms with E-state index in [1.807, 2.05) is 53.4 Å². The molecule has 0 bridgehead atoms. The first kappa shape index (κ1) is 17.2. The van der Waals surface area contributed by atoms with Crippen LogP contribution in [0.3, 0.4) is 0 Å². The van der Waals surface area contributed by atoms with Crippen molar-refractivity contribution < 1.29 is 0 Å². The quantitative estimate of drug-likeness (QED) is 0.539. The molecule has 1 N–H and O–H groups in total. The van der Waals surface area contributed by atoms with Gasteiger partial charge in [-0.3, -0.25) is 4.57 Å². The summed E-state index contributed by atoms with van der Waals surface area (Å²) in [5, 5.41) is 3.45. The van der Waals surface area contributed by atoms with Crippen molar-refractivity contribution in [2.75, 3.05) is 5.32 Å². The largest absolute Gasteiger partial charge is 0.348 e. The fourth-order valence-corrected chi connectivity index (χ4v) is 3.10. The summed E-state index contributed by atoms with van der Waals surface area (Å²) in [4.78, 5) is 14.0. The van der Waals surface area contributed by atoms with E-state index < -0.39 is 0 Å². The molecule has 2 aromatic heterocycles. The Hall–Kier alpha value is -3.21. The normalized spacial score (nSPS) is 12.4. The van der Waals surface area contributed by atoms with Crippen LogP contribution in [0.2, 0.25) is 0 Å². The van der Waals surface area contributed by atoms with Gasteiger partial charge in [-0.1, -0.05) is 56.3 Å². The average molecular weight is 357 g/mol. The Bertz CT molecular complexity index is 1050. The highest BCUT2D eigenvalue weighted by Crippen LogP contribution is 2.23. The summed E-state index contributed by atoms with van der Waals surface area (Å²) in [6.45, 7) is 6.40. The van der Waals surface area contributed by atoms with Crippen LogP contribution in [0, 0.1) is 0 Å². The average Bonchev–Trinajstić information content (AvgIpc) is 3.12. The molecule has 0 spiro atoms. The molecular weight excluding hydrogens is 334 g/mol. The molecule has 0 aliphatic carbocycles. The SMILES string of the molecule is CC(C)c1cc(-n2cnc3ccccc32)nc(N[C@@H](C)c2ccccc2)n1. The molecule has 0 aliphatic heterocycles. The number of rotatable bonds is 5. The zero-order valence-corrected chi connectivity index (χ0v) is 15.8. The number of fused-ring (bicyclic) bond motifs is 1. The van der Waals surface area contributed by atoms with E-state index in [1.165, 1.54) is 5.56 Å². The van der Waals surface area contributed by atoms with Crippen LogP contribution in [0.15, 0.2) is 67.0 Å². The topological polar surface area (TPSA) is 55.6 Å². The molecule has 1 atom stereocenters. The first-order chi connectivity index (χ1) is 13.1. The van der Waals surface area contributed by atoms with Gasteiger partial charge in [0.05, 0.1) is 22.8 Å². The minimum Gasteiger partial charge on any atom is -0.348 e. The molecule has 0 unspecified atom stereocenters. The predicted octanol–water partition coefficient (Wildman–Crippen LogP) is 5.11. The molecule has 0 radical (unpaired) electrons. The third-order valence-corrected chi connectivity index (χ3v) is 4.67. The van der Waals surface area contributed by atoms with E-state index >= 15 is 0 Å². The van der Waals surface area contributed by atoms with E-state index in [0.29, 0.717) is 11.9 Å². The number of anilines is 1. The molecule has 0 saturated carbocycles. The van der Waals surface area contributed by atoms with Crippen molar-refractivity contribution in [3.63, 3.8) is 0 Å². The minimum atomic E-state index is 0.112. The summed E-state index contributed by atoms with van der Waals surface area (Å²) in [7, 11) is 0. The molecule has 2 heterocycles. The minimum absolute atomic E-state index is 0.112. The Morgan fingerprint density at radius 2 is 1.63 bits per heavy atom. The molecule has 5 heteroatoms. The van der Waals surface area contributed by atoms with Crippen LogP contribution in [0.5, 0.6) is 0 Å². The molecule has 136 valence electrons. The standard InChI is InChI=1S/C22H23N5/c1-15(2)19-13-21(27-14-23-18-11-7-8-12-20(18)27)26-22(25-19)24-16(3)17-9-5-4-6-10-17/h4-16H,1-3H3,(H,24,25,26)/t16-/m0/s1. The Morgan fingerprint density at radius 1 is 0.889 bits per heavy atom. The van der Waals surface area contributed by atoms with E-state index in [4.69, 9.17) is 9.97 Å². The first-order valence-corrected chi connectivity index (χ1v) is 9.25. The highest BCUT2D eigenvalue weighted by atomic mass is 15.2. The molecule has 4 aromatic rings. The van der Waals surface area contributed by atoms with Crippen molar-refractivity contribution >= 4 is 17.0 Å². The predicted molar refractivity (Wildman–Crippen MR) is 109 cm³/mol. The number of aromatic nitrogens is 4. The Labute approximate surface area is 159 Å². The summed E-state index contributed by atoms with van der Waals surface area (Å²) >= 11 is 0. The molecule has 4 rings (SSSR count). The molecule has 2 aromatic carbocycles. The molecular formula is C22H23N5. The van der Waals surface area contributed by atoms with Crippen LogP contribution in [0.4, 0.5) is 5.95 Å². The zero-order chi connectivity index (χ0) is 18.8. The molecule has 27 heavy (non-hydrogen) atoms. The number of imidazole rings is 1. The lowest BCUT2D eigenvalue weighted by Gasteiger charge is -2.17. The van der Waals surface area contributed by atoms with Crippen LogP contribution in [-0.2, 0) is 0 Å². The van der Waals surface area contributed by atoms with Gasteiger partial charge in [0.15, 0.2) is 0 Å². The van der Waals surface area contributed by atoms with Gasteiger partial charge >= 0.3 is 0 Å². The highest BCUT2D eigenvalue weighted by Gasteiger charge is 2.13. The second-order valence-electron chi connectivity index (χ2n) is 7.01. The zero-order valence-electron chi connectivity index (χ0n) is 15.8.